The summed E-state index contributed by atoms with van der Waals surface area (Å²) in [4.78, 5) is 54.5. The molecule has 0 spiro atoms. The van der Waals surface area contributed by atoms with Crippen molar-refractivity contribution in [3.8, 4) is 11.5 Å². The minimum Gasteiger partial charge on any atom is -1.00 e. The number of amides is 3. The molecule has 0 unspecified atom stereocenters. The van der Waals surface area contributed by atoms with Crippen molar-refractivity contribution in [2.75, 3.05) is 50.9 Å². The molecule has 63 heavy (non-hydrogen) atoms. The first-order valence-corrected chi connectivity index (χ1v) is 20.5. The molecule has 1 saturated heterocycles. The van der Waals surface area contributed by atoms with Crippen LogP contribution in [0.25, 0.3) is 0 Å². The lowest BCUT2D eigenvalue weighted by molar-refractivity contribution is -0.933. The number of benzene rings is 2. The van der Waals surface area contributed by atoms with Crippen LogP contribution in [-0.2, 0) is 35.5 Å². The van der Waals surface area contributed by atoms with Gasteiger partial charge in [-0.1, -0.05) is 48.0 Å². The molecule has 1 aliphatic rings. The van der Waals surface area contributed by atoms with Gasteiger partial charge < -0.3 is 53.8 Å². The molecule has 7 N–H and O–H groups in total. The second kappa shape index (κ2) is 26.2. The van der Waals surface area contributed by atoms with Crippen LogP contribution in [0.2, 0.25) is 5.15 Å². The van der Waals surface area contributed by atoms with E-state index in [1.54, 1.807) is 12.4 Å². The van der Waals surface area contributed by atoms with Crippen molar-refractivity contribution in [1.82, 2.24) is 35.9 Å². The summed E-state index contributed by atoms with van der Waals surface area (Å²) in [6, 6.07) is 26.8. The molecule has 0 bridgehead atoms. The van der Waals surface area contributed by atoms with Crippen molar-refractivity contribution in [2.24, 2.45) is 0 Å². The summed E-state index contributed by atoms with van der Waals surface area (Å²) in [5.74, 6) is 0.300. The summed E-state index contributed by atoms with van der Waals surface area (Å²) < 4.78 is 12.3. The van der Waals surface area contributed by atoms with Gasteiger partial charge in [0.25, 0.3) is 17.7 Å². The molecule has 0 aliphatic carbocycles. The van der Waals surface area contributed by atoms with Crippen molar-refractivity contribution in [1.29, 1.82) is 0 Å². The van der Waals surface area contributed by atoms with E-state index in [0.717, 1.165) is 80.6 Å². The molecule has 3 amide bonds. The second-order valence-electron chi connectivity index (χ2n) is 14.9. The van der Waals surface area contributed by atoms with E-state index < -0.39 is 5.91 Å². The normalized spacial score (nSPS) is 13.8. The molecule has 19 heteroatoms. The Hall–Kier alpha value is -5.45. The van der Waals surface area contributed by atoms with E-state index >= 15 is 0 Å². The predicted octanol–water partition coefficient (Wildman–Crippen LogP) is 2.30. The molecule has 5 aromatic rings. The maximum Gasteiger partial charge on any atom is 0.274 e. The number of aryl methyl sites for hydroxylation is 2. The first-order chi connectivity index (χ1) is 29.1. The first kappa shape index (κ1) is 51.9. The van der Waals surface area contributed by atoms with Gasteiger partial charge in [0.15, 0.2) is 35.7 Å². The monoisotopic (exact) mass is 942 g/mol. The molecule has 1 aliphatic heterocycles. The largest absolute Gasteiger partial charge is 1.00 e. The van der Waals surface area contributed by atoms with Gasteiger partial charge in [-0.25, -0.2) is 9.97 Å². The number of halogens is 4. The Balaban J connectivity index is 0.00000352. The van der Waals surface area contributed by atoms with Crippen LogP contribution >= 0.6 is 36.4 Å². The van der Waals surface area contributed by atoms with Gasteiger partial charge in [0.1, 0.15) is 11.5 Å². The quantitative estimate of drug-likeness (QED) is 0.0716. The van der Waals surface area contributed by atoms with Crippen molar-refractivity contribution in [3.63, 3.8) is 0 Å². The molecule has 15 nitrogen and oxygen atoms in total. The zero-order chi connectivity index (χ0) is 42.2. The maximum absolute atomic E-state index is 13.3. The van der Waals surface area contributed by atoms with Crippen LogP contribution in [0.5, 0.6) is 11.5 Å². The number of hydrogen-bond acceptors (Lipinski definition) is 11. The first-order valence-electron chi connectivity index (χ1n) is 20.1. The fourth-order valence-corrected chi connectivity index (χ4v) is 7.47. The number of nitrogens with zero attached hydrogens (tertiary/aromatic N) is 5. The number of nitrogen functional groups attached to an aromatic ring is 2. The Bertz CT molecular complexity index is 2070. The van der Waals surface area contributed by atoms with E-state index in [0.29, 0.717) is 24.6 Å². The third-order valence-corrected chi connectivity index (χ3v) is 10.7. The van der Waals surface area contributed by atoms with Gasteiger partial charge in [0.05, 0.1) is 56.7 Å². The van der Waals surface area contributed by atoms with Gasteiger partial charge >= 0.3 is 0 Å². The van der Waals surface area contributed by atoms with E-state index in [-0.39, 0.29) is 90.8 Å². The number of anilines is 2. The minimum absolute atomic E-state index is 0. The zero-order valence-corrected chi connectivity index (χ0v) is 37.9. The van der Waals surface area contributed by atoms with Gasteiger partial charge in [0.2, 0.25) is 0 Å². The number of nitrogens with two attached hydrogens (primary N) is 2. The van der Waals surface area contributed by atoms with Gasteiger partial charge in [0, 0.05) is 25.2 Å². The van der Waals surface area contributed by atoms with Gasteiger partial charge in [-0.15, -0.1) is 24.8 Å². The number of pyridine rings is 2. The summed E-state index contributed by atoms with van der Waals surface area (Å²) in [5.41, 5.74) is 15.6. The molecule has 1 atom stereocenters. The van der Waals surface area contributed by atoms with Crippen molar-refractivity contribution < 1.29 is 40.7 Å². The van der Waals surface area contributed by atoms with Crippen LogP contribution in [0, 0.1) is 0 Å². The molecule has 0 saturated carbocycles. The number of rotatable bonds is 20. The van der Waals surface area contributed by atoms with Crippen LogP contribution in [0.1, 0.15) is 58.7 Å². The lowest BCUT2D eigenvalue weighted by Crippen LogP contribution is -3.00. The highest BCUT2D eigenvalue weighted by atomic mass is 35.5. The number of piperidine rings is 1. The van der Waals surface area contributed by atoms with Crippen LogP contribution in [0.4, 0.5) is 11.6 Å². The van der Waals surface area contributed by atoms with E-state index in [1.807, 2.05) is 84.9 Å². The standard InChI is InChI=1S/C44H51ClN10O5.3ClH/c45-41-43(47)54-42(46)40(53-41)44(58)52-35-12-7-25-55(28-35,23-5-8-31-13-17-36(18-14-31)59-29-38(56)50-26-33-10-1-3-21-48-33)24-6-9-32-15-19-37(20-16-32)60-30-39(57)51-27-34-11-2-4-22-49-34;;;/h1-4,10-11,13-22,35H,5-9,12,23-30H2,(H6-,46,47,50,51,52,54,56,57,58);3*1H/t35-;;;/m0.../s1. The summed E-state index contributed by atoms with van der Waals surface area (Å²) in [5, 5.41) is 8.73. The molecule has 2 aromatic carbocycles. The van der Waals surface area contributed by atoms with Crippen molar-refractivity contribution in [3.05, 3.63) is 131 Å². The third kappa shape index (κ3) is 16.6. The molecule has 4 heterocycles. The van der Waals surface area contributed by atoms with E-state index in [9.17, 15) is 14.4 Å². The fourth-order valence-electron chi connectivity index (χ4n) is 7.35. The third-order valence-electron chi connectivity index (χ3n) is 10.4. The predicted molar refractivity (Wildman–Crippen MR) is 243 cm³/mol. The Morgan fingerprint density at radius 1 is 0.714 bits per heavy atom. The highest BCUT2D eigenvalue weighted by Gasteiger charge is 2.35. The molecular formula is C44H54Cl4N10O5. The molecule has 3 aromatic heterocycles. The molecule has 6 rings (SSSR count). The Labute approximate surface area is 391 Å². The van der Waals surface area contributed by atoms with Crippen molar-refractivity contribution >= 4 is 65.8 Å². The van der Waals surface area contributed by atoms with Gasteiger partial charge in [-0.3, -0.25) is 24.4 Å². The molecule has 1 fully saturated rings. The zero-order valence-electron chi connectivity index (χ0n) is 34.7. The lowest BCUT2D eigenvalue weighted by atomic mass is 9.99. The number of carbonyl (C=O) groups excluding carboxylic acids is 3. The average molecular weight is 945 g/mol. The smallest absolute Gasteiger partial charge is 0.274 e. The SMILES string of the molecule is Cl.Cl.Nc1nc(N)c(C(=O)N[C@H]2CCC[N+](CCCc3ccc(OCC(=O)NCc4ccccn4)cc3)(CCCc3ccc(OCC(=O)NCc4ccccn4)cc3)C2)nc1Cl.[Cl-]. The van der Waals surface area contributed by atoms with Crippen LogP contribution < -0.4 is 49.3 Å². The average Bonchev–Trinajstić information content (AvgIpc) is 3.26. The minimum atomic E-state index is -0.423. The lowest BCUT2D eigenvalue weighted by Gasteiger charge is -2.45. The number of carbonyl (C=O) groups is 3. The van der Waals surface area contributed by atoms with E-state index in [4.69, 9.17) is 32.5 Å². The number of ether oxygens (including phenoxy) is 2. The van der Waals surface area contributed by atoms with E-state index in [2.05, 4.69) is 35.9 Å². The van der Waals surface area contributed by atoms with Crippen LogP contribution in [-0.4, -0.2) is 87.6 Å². The number of quaternary nitrogens is 1. The maximum atomic E-state index is 13.3. The fraction of sp³-hybridized carbons (Fsp3) is 0.341. The highest BCUT2D eigenvalue weighted by molar-refractivity contribution is 6.31. The summed E-state index contributed by atoms with van der Waals surface area (Å²) in [6.45, 7) is 4.11. The number of aromatic nitrogens is 4. The topological polar surface area (TPSA) is 209 Å². The number of hydrogen-bond donors (Lipinski definition) is 5. The molecular weight excluding hydrogens is 890 g/mol. The second-order valence-corrected chi connectivity index (χ2v) is 15.3. The van der Waals surface area contributed by atoms with Gasteiger partial charge in [-0.2, -0.15) is 0 Å². The Morgan fingerprint density at radius 2 is 1.22 bits per heavy atom. The van der Waals surface area contributed by atoms with Crippen LogP contribution in [0.3, 0.4) is 0 Å². The highest BCUT2D eigenvalue weighted by Crippen LogP contribution is 2.25. The number of likely N-dealkylation sites (tertiary alicyclic amines) is 1. The summed E-state index contributed by atoms with van der Waals surface area (Å²) in [7, 11) is 0. The summed E-state index contributed by atoms with van der Waals surface area (Å²) in [6.07, 6.45) is 8.74. The van der Waals surface area contributed by atoms with Gasteiger partial charge in [-0.05, 0) is 85.3 Å². The molecule has 0 radical (unpaired) electrons. The van der Waals surface area contributed by atoms with E-state index in [1.165, 1.54) is 11.1 Å². The number of nitrogens with one attached hydrogen (secondary N) is 3. The van der Waals surface area contributed by atoms with Crippen molar-refractivity contribution in [2.45, 2.75) is 57.7 Å². The summed E-state index contributed by atoms with van der Waals surface area (Å²) >= 11 is 6.08. The Morgan fingerprint density at radius 3 is 1.70 bits per heavy atom. The molecule has 338 valence electrons. The Kier molecular flexibility index (Phi) is 21.6. The van der Waals surface area contributed by atoms with Crippen LogP contribution in [0.15, 0.2) is 97.3 Å².